The molecule has 0 aromatic heterocycles. The maximum atomic E-state index is 13.3. The molecule has 1 aliphatic heterocycles. The molecule has 0 radical (unpaired) electrons. The molecule has 0 saturated carbocycles. The van der Waals surface area contributed by atoms with E-state index in [-0.39, 0.29) is 38.1 Å². The summed E-state index contributed by atoms with van der Waals surface area (Å²) in [6, 6.07) is 14.4. The molecule has 2 amide bonds. The molecular weight excluding hydrogens is 448 g/mol. The van der Waals surface area contributed by atoms with Crippen LogP contribution in [-0.4, -0.2) is 71.5 Å². The van der Waals surface area contributed by atoms with Crippen LogP contribution in [0.5, 0.6) is 5.75 Å². The number of nitrogens with one attached hydrogen (secondary N) is 1. The number of para-hydroxylation sites is 1. The zero-order valence-corrected chi connectivity index (χ0v) is 20.0. The summed E-state index contributed by atoms with van der Waals surface area (Å²) in [4.78, 5) is 28.0. The predicted octanol–water partition coefficient (Wildman–Crippen LogP) is 1.68. The Labute approximate surface area is 205 Å². The molecule has 3 N–H and O–H groups in total. The van der Waals surface area contributed by atoms with Crippen LogP contribution in [0.15, 0.2) is 60.2 Å². The van der Waals surface area contributed by atoms with Gasteiger partial charge in [-0.1, -0.05) is 48.0 Å². The number of rotatable bonds is 9. The van der Waals surface area contributed by atoms with Gasteiger partial charge in [-0.05, 0) is 31.6 Å². The molecule has 0 fully saturated rings. The molecule has 4 unspecified atom stereocenters. The number of benzene rings is 2. The SMILES string of the molecule is CCOCC(=O)N(Cc1ccc(C)cc1)C1C=C(C(=O)NCCO)C2c3ccccc3OC2C1O. The number of aryl methyl sites for hydroxylation is 1. The number of aliphatic hydroxyl groups is 2. The van der Waals surface area contributed by atoms with Crippen molar-refractivity contribution in [3.05, 3.63) is 76.9 Å². The van der Waals surface area contributed by atoms with E-state index in [1.807, 2.05) is 62.4 Å². The molecule has 186 valence electrons. The van der Waals surface area contributed by atoms with Crippen molar-refractivity contribution in [3.63, 3.8) is 0 Å². The lowest BCUT2D eigenvalue weighted by Crippen LogP contribution is -2.56. The Bertz CT molecular complexity index is 1080. The number of hydrogen-bond acceptors (Lipinski definition) is 6. The average molecular weight is 481 g/mol. The molecule has 0 saturated heterocycles. The summed E-state index contributed by atoms with van der Waals surface area (Å²) in [5, 5.41) is 23.4. The third kappa shape index (κ3) is 5.24. The van der Waals surface area contributed by atoms with Crippen LogP contribution < -0.4 is 10.1 Å². The van der Waals surface area contributed by atoms with Crippen molar-refractivity contribution < 1.29 is 29.3 Å². The normalized spacial score (nSPS) is 22.5. The molecule has 8 nitrogen and oxygen atoms in total. The first-order chi connectivity index (χ1) is 16.9. The summed E-state index contributed by atoms with van der Waals surface area (Å²) in [5.74, 6) is -0.538. The molecule has 0 bridgehead atoms. The van der Waals surface area contributed by atoms with E-state index in [1.54, 1.807) is 11.0 Å². The van der Waals surface area contributed by atoms with Crippen molar-refractivity contribution in [2.45, 2.75) is 44.6 Å². The Morgan fingerprint density at radius 2 is 1.89 bits per heavy atom. The summed E-state index contributed by atoms with van der Waals surface area (Å²) >= 11 is 0. The highest BCUT2D eigenvalue weighted by molar-refractivity contribution is 5.96. The Hall–Kier alpha value is -3.20. The highest BCUT2D eigenvalue weighted by Crippen LogP contribution is 2.47. The van der Waals surface area contributed by atoms with Gasteiger partial charge in [-0.3, -0.25) is 9.59 Å². The van der Waals surface area contributed by atoms with Crippen LogP contribution in [0.4, 0.5) is 0 Å². The van der Waals surface area contributed by atoms with Gasteiger partial charge in [0, 0.05) is 30.8 Å². The zero-order chi connectivity index (χ0) is 24.9. The Balaban J connectivity index is 1.74. The first-order valence-corrected chi connectivity index (χ1v) is 11.9. The van der Waals surface area contributed by atoms with Crippen molar-refractivity contribution >= 4 is 11.8 Å². The van der Waals surface area contributed by atoms with Gasteiger partial charge in [0.15, 0.2) is 0 Å². The van der Waals surface area contributed by atoms with E-state index in [4.69, 9.17) is 9.47 Å². The lowest BCUT2D eigenvalue weighted by molar-refractivity contribution is -0.142. The van der Waals surface area contributed by atoms with Crippen LogP contribution in [0.3, 0.4) is 0 Å². The first-order valence-electron chi connectivity index (χ1n) is 11.9. The summed E-state index contributed by atoms with van der Waals surface area (Å²) < 4.78 is 11.5. The minimum absolute atomic E-state index is 0.0969. The maximum absolute atomic E-state index is 13.3. The highest BCUT2D eigenvalue weighted by Gasteiger charge is 2.50. The molecule has 1 heterocycles. The van der Waals surface area contributed by atoms with Gasteiger partial charge >= 0.3 is 0 Å². The topological polar surface area (TPSA) is 108 Å². The molecule has 0 spiro atoms. The minimum Gasteiger partial charge on any atom is -0.486 e. The van der Waals surface area contributed by atoms with Gasteiger partial charge in [0.25, 0.3) is 0 Å². The predicted molar refractivity (Wildman–Crippen MR) is 130 cm³/mol. The van der Waals surface area contributed by atoms with Crippen molar-refractivity contribution in [1.82, 2.24) is 10.2 Å². The first kappa shape index (κ1) is 24.9. The average Bonchev–Trinajstić information content (AvgIpc) is 3.26. The van der Waals surface area contributed by atoms with Crippen LogP contribution in [0.1, 0.15) is 29.5 Å². The second-order valence-corrected chi connectivity index (χ2v) is 8.83. The van der Waals surface area contributed by atoms with E-state index in [0.29, 0.717) is 17.9 Å². The number of carbonyl (C=O) groups excluding carboxylic acids is 2. The van der Waals surface area contributed by atoms with E-state index in [2.05, 4.69) is 5.32 Å². The quantitative estimate of drug-likeness (QED) is 0.504. The van der Waals surface area contributed by atoms with Gasteiger partial charge in [-0.15, -0.1) is 0 Å². The fourth-order valence-electron chi connectivity index (χ4n) is 4.71. The molecule has 2 aromatic rings. The second-order valence-electron chi connectivity index (χ2n) is 8.83. The lowest BCUT2D eigenvalue weighted by atomic mass is 9.77. The van der Waals surface area contributed by atoms with E-state index in [9.17, 15) is 19.8 Å². The molecular formula is C27H32N2O6. The molecule has 35 heavy (non-hydrogen) atoms. The van der Waals surface area contributed by atoms with Crippen molar-refractivity contribution in [3.8, 4) is 5.75 Å². The second kappa shape index (κ2) is 11.0. The number of fused-ring (bicyclic) bond motifs is 3. The minimum atomic E-state index is -1.07. The van der Waals surface area contributed by atoms with Crippen LogP contribution in [0.2, 0.25) is 0 Å². The third-order valence-corrected chi connectivity index (χ3v) is 6.46. The van der Waals surface area contributed by atoms with Gasteiger partial charge in [0.05, 0.1) is 18.6 Å². The fraction of sp³-hybridized carbons (Fsp3) is 0.407. The molecule has 2 aromatic carbocycles. The maximum Gasteiger partial charge on any atom is 0.249 e. The fourth-order valence-corrected chi connectivity index (χ4v) is 4.71. The highest BCUT2D eigenvalue weighted by atomic mass is 16.5. The summed E-state index contributed by atoms with van der Waals surface area (Å²) in [5.41, 5.74) is 3.21. The molecule has 8 heteroatoms. The van der Waals surface area contributed by atoms with Crippen LogP contribution in [0, 0.1) is 6.92 Å². The number of amides is 2. The van der Waals surface area contributed by atoms with Gasteiger partial charge in [0.1, 0.15) is 24.6 Å². The van der Waals surface area contributed by atoms with Crippen LogP contribution >= 0.6 is 0 Å². The van der Waals surface area contributed by atoms with Crippen LogP contribution in [0.25, 0.3) is 0 Å². The van der Waals surface area contributed by atoms with E-state index >= 15 is 0 Å². The lowest BCUT2D eigenvalue weighted by Gasteiger charge is -2.40. The third-order valence-electron chi connectivity index (χ3n) is 6.46. The smallest absolute Gasteiger partial charge is 0.249 e. The molecule has 1 aliphatic carbocycles. The van der Waals surface area contributed by atoms with E-state index in [1.165, 1.54) is 0 Å². The number of hydrogen-bond donors (Lipinski definition) is 3. The molecule has 4 rings (SSSR count). The number of ether oxygens (including phenoxy) is 2. The van der Waals surface area contributed by atoms with Gasteiger partial charge in [-0.2, -0.15) is 0 Å². The Morgan fingerprint density at radius 1 is 1.14 bits per heavy atom. The monoisotopic (exact) mass is 480 g/mol. The number of aliphatic hydroxyl groups excluding tert-OH is 2. The van der Waals surface area contributed by atoms with E-state index in [0.717, 1.165) is 16.7 Å². The molecule has 4 atom stereocenters. The number of carbonyl (C=O) groups is 2. The van der Waals surface area contributed by atoms with Gasteiger partial charge < -0.3 is 29.9 Å². The molecule has 2 aliphatic rings. The summed E-state index contributed by atoms with van der Waals surface area (Å²) in [6.07, 6.45) is -0.141. The summed E-state index contributed by atoms with van der Waals surface area (Å²) in [7, 11) is 0. The number of nitrogens with zero attached hydrogens (tertiary/aromatic N) is 1. The zero-order valence-electron chi connectivity index (χ0n) is 20.0. The largest absolute Gasteiger partial charge is 0.486 e. The standard InChI is InChI=1S/C27H32N2O6/c1-3-34-16-23(31)29(15-18-10-8-17(2)9-11-18)21-14-20(27(33)28-12-13-30)24-19-6-4-5-7-22(19)35-26(24)25(21)32/h4-11,14,21,24-26,30,32H,3,12-13,15-16H2,1-2H3,(H,28,33). The van der Waals surface area contributed by atoms with Crippen molar-refractivity contribution in [2.24, 2.45) is 0 Å². The van der Waals surface area contributed by atoms with Gasteiger partial charge in [0.2, 0.25) is 11.8 Å². The Morgan fingerprint density at radius 3 is 2.60 bits per heavy atom. The van der Waals surface area contributed by atoms with Crippen molar-refractivity contribution in [2.75, 3.05) is 26.4 Å². The van der Waals surface area contributed by atoms with E-state index < -0.39 is 24.2 Å². The van der Waals surface area contributed by atoms with Gasteiger partial charge in [-0.25, -0.2) is 0 Å². The van der Waals surface area contributed by atoms with Crippen LogP contribution in [-0.2, 0) is 20.9 Å². The Kier molecular flexibility index (Phi) is 7.85. The summed E-state index contributed by atoms with van der Waals surface area (Å²) in [6.45, 7) is 4.18. The van der Waals surface area contributed by atoms with Crippen molar-refractivity contribution in [1.29, 1.82) is 0 Å².